The number of hydrogen-bond acceptors (Lipinski definition) is 5. The summed E-state index contributed by atoms with van der Waals surface area (Å²) in [4.78, 5) is 19.8. The highest BCUT2D eigenvalue weighted by molar-refractivity contribution is 6.09. The van der Waals surface area contributed by atoms with Gasteiger partial charge in [-0.25, -0.2) is 9.37 Å². The minimum Gasteiger partial charge on any atom is -0.394 e. The van der Waals surface area contributed by atoms with Gasteiger partial charge in [0.2, 0.25) is 0 Å². The third-order valence-electron chi connectivity index (χ3n) is 7.61. The molecule has 0 bridgehead atoms. The van der Waals surface area contributed by atoms with Crippen LogP contribution in [-0.4, -0.2) is 34.9 Å². The lowest BCUT2D eigenvalue weighted by Gasteiger charge is -2.28. The molecule has 1 unspecified atom stereocenters. The van der Waals surface area contributed by atoms with Crippen molar-refractivity contribution in [2.75, 3.05) is 18.1 Å². The number of nitrogens with one attached hydrogen (secondary N) is 2. The largest absolute Gasteiger partial charge is 0.394 e. The van der Waals surface area contributed by atoms with Crippen molar-refractivity contribution in [3.05, 3.63) is 58.0 Å². The van der Waals surface area contributed by atoms with E-state index in [0.29, 0.717) is 46.5 Å². The van der Waals surface area contributed by atoms with Crippen molar-refractivity contribution < 1.29 is 14.3 Å². The van der Waals surface area contributed by atoms with E-state index < -0.39 is 11.9 Å². The van der Waals surface area contributed by atoms with Gasteiger partial charge in [0, 0.05) is 34.9 Å². The van der Waals surface area contributed by atoms with Crippen LogP contribution in [0, 0.1) is 17.1 Å². The molecular formula is C28H35FN4O2. The van der Waals surface area contributed by atoms with Crippen LogP contribution in [0.3, 0.4) is 0 Å². The normalized spacial score (nSPS) is 18.5. The fraction of sp³-hybridized carbons (Fsp3) is 0.536. The molecule has 3 N–H and O–H groups in total. The van der Waals surface area contributed by atoms with Gasteiger partial charge in [-0.15, -0.1) is 0 Å². The van der Waals surface area contributed by atoms with Gasteiger partial charge in [-0.1, -0.05) is 19.8 Å². The van der Waals surface area contributed by atoms with Crippen molar-refractivity contribution >= 4 is 17.4 Å². The third-order valence-corrected chi connectivity index (χ3v) is 7.61. The topological polar surface area (TPSA) is 89.3 Å². The molecule has 0 radical (unpaired) electrons. The molecule has 3 aliphatic rings. The maximum absolute atomic E-state index is 15.2. The summed E-state index contributed by atoms with van der Waals surface area (Å²) >= 11 is 0. The SMILES string of the molecule is CCCC(=N)Cc1cc(C2CC2)nc(N2Cc3c(F)cc(C(CO)NCC4CCC4)cc3C2=O)c1. The van der Waals surface area contributed by atoms with Gasteiger partial charge in [-0.2, -0.15) is 0 Å². The van der Waals surface area contributed by atoms with Gasteiger partial charge in [-0.3, -0.25) is 9.69 Å². The number of anilines is 1. The van der Waals surface area contributed by atoms with E-state index in [9.17, 15) is 9.90 Å². The van der Waals surface area contributed by atoms with Gasteiger partial charge in [0.05, 0.1) is 19.2 Å². The molecule has 35 heavy (non-hydrogen) atoms. The van der Waals surface area contributed by atoms with Crippen LogP contribution in [0.25, 0.3) is 0 Å². The highest BCUT2D eigenvalue weighted by atomic mass is 19.1. The first-order chi connectivity index (χ1) is 17.0. The monoisotopic (exact) mass is 478 g/mol. The Morgan fingerprint density at radius 2 is 2.06 bits per heavy atom. The Hall–Kier alpha value is -2.64. The number of fused-ring (bicyclic) bond motifs is 1. The zero-order valence-corrected chi connectivity index (χ0v) is 20.4. The van der Waals surface area contributed by atoms with Crippen molar-refractivity contribution in [2.24, 2.45) is 5.92 Å². The molecule has 0 spiro atoms. The zero-order valence-electron chi connectivity index (χ0n) is 20.4. The predicted octanol–water partition coefficient (Wildman–Crippen LogP) is 5.04. The molecule has 2 aromatic rings. The number of rotatable bonds is 11. The minimum atomic E-state index is -0.416. The number of aromatic nitrogens is 1. The number of aliphatic hydroxyl groups is 1. The number of pyridine rings is 1. The van der Waals surface area contributed by atoms with Crippen LogP contribution in [0.5, 0.6) is 0 Å². The Bertz CT molecular complexity index is 1130. The smallest absolute Gasteiger partial charge is 0.260 e. The number of nitrogens with zero attached hydrogens (tertiary/aromatic N) is 2. The highest BCUT2D eigenvalue weighted by Gasteiger charge is 2.34. The molecule has 0 saturated heterocycles. The molecular weight excluding hydrogens is 443 g/mol. The van der Waals surface area contributed by atoms with Crippen LogP contribution in [-0.2, 0) is 13.0 Å². The second-order valence-corrected chi connectivity index (χ2v) is 10.4. The molecule has 2 saturated carbocycles. The molecule has 2 heterocycles. The summed E-state index contributed by atoms with van der Waals surface area (Å²) in [6, 6.07) is 6.74. The van der Waals surface area contributed by atoms with Crippen molar-refractivity contribution in [1.29, 1.82) is 5.41 Å². The number of amides is 1. The molecule has 1 aliphatic heterocycles. The van der Waals surface area contributed by atoms with E-state index in [4.69, 9.17) is 10.4 Å². The van der Waals surface area contributed by atoms with Gasteiger partial charge >= 0.3 is 0 Å². The summed E-state index contributed by atoms with van der Waals surface area (Å²) in [6.07, 6.45) is 8.01. The standard InChI is InChI=1S/C28H35FN4O2/c1-2-4-21(30)9-18-10-25(19-7-8-19)32-27(11-18)33-15-23-22(28(33)35)12-20(13-24(23)29)26(16-34)31-14-17-5-3-6-17/h10-13,17,19,26,30-31,34H,2-9,14-16H2,1H3. The van der Waals surface area contributed by atoms with E-state index in [2.05, 4.69) is 18.3 Å². The number of carbonyl (C=O) groups is 1. The van der Waals surface area contributed by atoms with Gasteiger partial charge in [0.1, 0.15) is 11.6 Å². The Labute approximate surface area is 206 Å². The van der Waals surface area contributed by atoms with Crippen LogP contribution < -0.4 is 10.2 Å². The fourth-order valence-corrected chi connectivity index (χ4v) is 5.12. The van der Waals surface area contributed by atoms with Crippen LogP contribution in [0.15, 0.2) is 24.3 Å². The average Bonchev–Trinajstić information content (AvgIpc) is 3.59. The number of aliphatic hydroxyl groups excluding tert-OH is 1. The van der Waals surface area contributed by atoms with E-state index in [0.717, 1.165) is 43.5 Å². The second-order valence-electron chi connectivity index (χ2n) is 10.4. The molecule has 2 aliphatic carbocycles. The molecule has 186 valence electrons. The summed E-state index contributed by atoms with van der Waals surface area (Å²) in [5.41, 5.74) is 3.96. The molecule has 1 aromatic carbocycles. The van der Waals surface area contributed by atoms with Gasteiger partial charge in [-0.05, 0) is 80.0 Å². The van der Waals surface area contributed by atoms with Crippen molar-refractivity contribution in [1.82, 2.24) is 10.3 Å². The number of hydrogen-bond donors (Lipinski definition) is 3. The Kier molecular flexibility index (Phi) is 6.98. The van der Waals surface area contributed by atoms with Crippen LogP contribution in [0.2, 0.25) is 0 Å². The maximum atomic E-state index is 15.2. The molecule has 1 atom stereocenters. The molecule has 7 heteroatoms. The third kappa shape index (κ3) is 5.16. The van der Waals surface area contributed by atoms with E-state index >= 15 is 4.39 Å². The lowest BCUT2D eigenvalue weighted by molar-refractivity contribution is 0.0995. The number of carbonyl (C=O) groups excluding carboxylic acids is 1. The van der Waals surface area contributed by atoms with E-state index in [1.807, 2.05) is 6.07 Å². The fourth-order valence-electron chi connectivity index (χ4n) is 5.12. The van der Waals surface area contributed by atoms with E-state index in [-0.39, 0.29) is 19.1 Å². The number of benzene rings is 1. The van der Waals surface area contributed by atoms with Gasteiger partial charge in [0.25, 0.3) is 5.91 Å². The summed E-state index contributed by atoms with van der Waals surface area (Å²) in [6.45, 7) is 2.85. The van der Waals surface area contributed by atoms with Gasteiger partial charge in [0.15, 0.2) is 0 Å². The summed E-state index contributed by atoms with van der Waals surface area (Å²) in [5.74, 6) is 0.882. The quantitative estimate of drug-likeness (QED) is 0.395. The molecule has 2 fully saturated rings. The van der Waals surface area contributed by atoms with Crippen molar-refractivity contribution in [3.8, 4) is 0 Å². The lowest BCUT2D eigenvalue weighted by atomic mass is 9.85. The van der Waals surface area contributed by atoms with Crippen LogP contribution >= 0.6 is 0 Å². The number of halogens is 1. The second kappa shape index (κ2) is 10.2. The Morgan fingerprint density at radius 1 is 1.26 bits per heavy atom. The molecule has 1 aromatic heterocycles. The zero-order chi connectivity index (χ0) is 24.5. The Morgan fingerprint density at radius 3 is 2.71 bits per heavy atom. The summed E-state index contributed by atoms with van der Waals surface area (Å²) < 4.78 is 15.2. The first-order valence-corrected chi connectivity index (χ1v) is 13.0. The average molecular weight is 479 g/mol. The van der Waals surface area contributed by atoms with Crippen molar-refractivity contribution in [3.63, 3.8) is 0 Å². The van der Waals surface area contributed by atoms with Crippen LogP contribution in [0.4, 0.5) is 10.2 Å². The van der Waals surface area contributed by atoms with Crippen LogP contribution in [0.1, 0.15) is 96.6 Å². The molecule has 1 amide bonds. The molecule has 6 nitrogen and oxygen atoms in total. The maximum Gasteiger partial charge on any atom is 0.260 e. The predicted molar refractivity (Wildman–Crippen MR) is 135 cm³/mol. The van der Waals surface area contributed by atoms with Crippen molar-refractivity contribution in [2.45, 2.75) is 76.8 Å². The minimum absolute atomic E-state index is 0.145. The first-order valence-electron chi connectivity index (χ1n) is 13.0. The lowest BCUT2D eigenvalue weighted by Crippen LogP contribution is -2.32. The van der Waals surface area contributed by atoms with E-state index in [1.54, 1.807) is 11.0 Å². The molecule has 5 rings (SSSR count). The highest BCUT2D eigenvalue weighted by Crippen LogP contribution is 2.41. The first kappa shape index (κ1) is 24.1. The summed E-state index contributed by atoms with van der Waals surface area (Å²) in [5, 5.41) is 21.5. The van der Waals surface area contributed by atoms with Gasteiger partial charge < -0.3 is 15.8 Å². The van der Waals surface area contributed by atoms with E-state index in [1.165, 1.54) is 25.3 Å². The Balaban J connectivity index is 1.40. The summed E-state index contributed by atoms with van der Waals surface area (Å²) in [7, 11) is 0.